The van der Waals surface area contributed by atoms with Gasteiger partial charge in [0.1, 0.15) is 0 Å². The minimum absolute atomic E-state index is 0.0803. The van der Waals surface area contributed by atoms with E-state index in [1.54, 1.807) is 18.2 Å². The van der Waals surface area contributed by atoms with Gasteiger partial charge in [-0.1, -0.05) is 31.5 Å². The van der Waals surface area contributed by atoms with Gasteiger partial charge in [0, 0.05) is 29.7 Å². The van der Waals surface area contributed by atoms with Crippen molar-refractivity contribution in [1.82, 2.24) is 4.98 Å². The second-order valence-corrected chi connectivity index (χ2v) is 5.89. The van der Waals surface area contributed by atoms with Crippen LogP contribution in [0.25, 0.3) is 0 Å². The van der Waals surface area contributed by atoms with Gasteiger partial charge in [0.25, 0.3) is 5.91 Å². The Hall–Kier alpha value is -2.40. The third kappa shape index (κ3) is 4.29. The Morgan fingerprint density at radius 1 is 1.17 bits per heavy atom. The highest BCUT2D eigenvalue weighted by molar-refractivity contribution is 6.34. The van der Waals surface area contributed by atoms with Crippen LogP contribution < -0.4 is 10.6 Å². The molecule has 5 nitrogen and oxygen atoms in total. The summed E-state index contributed by atoms with van der Waals surface area (Å²) in [6.45, 7) is 5.51. The summed E-state index contributed by atoms with van der Waals surface area (Å²) in [5.74, 6) is -0.527. The third-order valence-electron chi connectivity index (χ3n) is 3.29. The van der Waals surface area contributed by atoms with Crippen molar-refractivity contribution in [3.63, 3.8) is 0 Å². The van der Waals surface area contributed by atoms with Crippen LogP contribution in [-0.4, -0.2) is 16.8 Å². The zero-order valence-electron chi connectivity index (χ0n) is 13.2. The van der Waals surface area contributed by atoms with Crippen molar-refractivity contribution in [2.45, 2.75) is 20.8 Å². The van der Waals surface area contributed by atoms with Crippen LogP contribution in [0.15, 0.2) is 36.7 Å². The van der Waals surface area contributed by atoms with Crippen molar-refractivity contribution < 1.29 is 9.59 Å². The van der Waals surface area contributed by atoms with Gasteiger partial charge >= 0.3 is 0 Å². The van der Waals surface area contributed by atoms with Gasteiger partial charge in [-0.25, -0.2) is 0 Å². The number of carbonyl (C=O) groups excluding carboxylic acids is 2. The van der Waals surface area contributed by atoms with E-state index in [2.05, 4.69) is 15.6 Å². The molecule has 0 aliphatic heterocycles. The van der Waals surface area contributed by atoms with Crippen molar-refractivity contribution in [1.29, 1.82) is 0 Å². The van der Waals surface area contributed by atoms with Gasteiger partial charge in [-0.05, 0) is 30.7 Å². The Bertz CT molecular complexity index is 744. The molecule has 0 fully saturated rings. The van der Waals surface area contributed by atoms with Gasteiger partial charge < -0.3 is 10.6 Å². The largest absolute Gasteiger partial charge is 0.326 e. The molecule has 0 bridgehead atoms. The molecule has 0 spiro atoms. The molecule has 0 aliphatic rings. The fourth-order valence-electron chi connectivity index (χ4n) is 1.87. The predicted octanol–water partition coefficient (Wildman–Crippen LogP) is 3.89. The smallest absolute Gasteiger partial charge is 0.257 e. The van der Waals surface area contributed by atoms with Crippen LogP contribution in [0.2, 0.25) is 5.02 Å². The molecule has 1 heterocycles. The average molecular weight is 332 g/mol. The molecule has 2 N–H and O–H groups in total. The molecule has 2 amide bonds. The Morgan fingerprint density at radius 3 is 2.57 bits per heavy atom. The summed E-state index contributed by atoms with van der Waals surface area (Å²) in [7, 11) is 0. The van der Waals surface area contributed by atoms with E-state index >= 15 is 0 Å². The van der Waals surface area contributed by atoms with Gasteiger partial charge in [-0.2, -0.15) is 0 Å². The fraction of sp³-hybridized carbons (Fsp3) is 0.235. The van der Waals surface area contributed by atoms with Crippen molar-refractivity contribution in [3.05, 3.63) is 52.8 Å². The van der Waals surface area contributed by atoms with Gasteiger partial charge in [-0.15, -0.1) is 0 Å². The highest BCUT2D eigenvalue weighted by Gasteiger charge is 2.13. The van der Waals surface area contributed by atoms with E-state index in [1.807, 2.05) is 26.8 Å². The number of aromatic nitrogens is 1. The average Bonchev–Trinajstić information content (AvgIpc) is 2.50. The molecule has 2 rings (SSSR count). The summed E-state index contributed by atoms with van der Waals surface area (Å²) >= 11 is 5.98. The maximum Gasteiger partial charge on any atom is 0.257 e. The summed E-state index contributed by atoms with van der Waals surface area (Å²) in [5, 5.41) is 5.90. The lowest BCUT2D eigenvalue weighted by atomic mass is 10.1. The summed E-state index contributed by atoms with van der Waals surface area (Å²) in [4.78, 5) is 27.9. The monoisotopic (exact) mass is 331 g/mol. The summed E-state index contributed by atoms with van der Waals surface area (Å²) in [6, 6.07) is 6.91. The maximum absolute atomic E-state index is 12.3. The lowest BCUT2D eigenvalue weighted by Crippen LogP contribution is -2.18. The molecule has 1 aromatic heterocycles. The van der Waals surface area contributed by atoms with Gasteiger partial charge in [0.05, 0.1) is 10.6 Å². The van der Waals surface area contributed by atoms with Crippen LogP contribution in [0.5, 0.6) is 0 Å². The van der Waals surface area contributed by atoms with Crippen molar-refractivity contribution in [2.75, 3.05) is 10.6 Å². The summed E-state index contributed by atoms with van der Waals surface area (Å²) < 4.78 is 0. The zero-order valence-corrected chi connectivity index (χ0v) is 13.9. The molecule has 1 aromatic carbocycles. The van der Waals surface area contributed by atoms with E-state index in [0.29, 0.717) is 16.9 Å². The minimum Gasteiger partial charge on any atom is -0.326 e. The van der Waals surface area contributed by atoms with Gasteiger partial charge in [-0.3, -0.25) is 14.6 Å². The fourth-order valence-corrected chi connectivity index (χ4v) is 2.08. The van der Waals surface area contributed by atoms with Crippen LogP contribution in [0.4, 0.5) is 11.4 Å². The molecular weight excluding hydrogens is 314 g/mol. The second-order valence-electron chi connectivity index (χ2n) is 5.48. The topological polar surface area (TPSA) is 71.1 Å². The molecule has 2 aromatic rings. The van der Waals surface area contributed by atoms with Crippen LogP contribution in [0.1, 0.15) is 29.8 Å². The zero-order chi connectivity index (χ0) is 17.0. The number of anilines is 2. The molecule has 23 heavy (non-hydrogen) atoms. The molecule has 0 atom stereocenters. The molecule has 0 saturated heterocycles. The van der Waals surface area contributed by atoms with Crippen LogP contribution in [0, 0.1) is 12.8 Å². The first-order valence-corrected chi connectivity index (χ1v) is 7.58. The van der Waals surface area contributed by atoms with Crippen LogP contribution in [0.3, 0.4) is 0 Å². The maximum atomic E-state index is 12.3. The van der Waals surface area contributed by atoms with E-state index in [1.165, 1.54) is 12.4 Å². The highest BCUT2D eigenvalue weighted by atomic mass is 35.5. The number of carbonyl (C=O) groups is 2. The minimum atomic E-state index is -0.326. The summed E-state index contributed by atoms with van der Waals surface area (Å²) in [6.07, 6.45) is 2.93. The number of halogens is 1. The number of pyridine rings is 1. The standard InChI is InChI=1S/C17H18ClN3O2/c1-10(2)16(22)20-12-5-4-11(3)15(8-12)21-17(23)13-6-7-19-9-14(13)18/h4-10H,1-3H3,(H,20,22)(H,21,23). The molecule has 0 aliphatic carbocycles. The first kappa shape index (κ1) is 17.0. The highest BCUT2D eigenvalue weighted by Crippen LogP contribution is 2.23. The number of benzene rings is 1. The number of aryl methyl sites for hydroxylation is 1. The van der Waals surface area contributed by atoms with E-state index in [9.17, 15) is 9.59 Å². The number of nitrogens with zero attached hydrogens (tertiary/aromatic N) is 1. The number of nitrogens with one attached hydrogen (secondary N) is 2. The molecule has 120 valence electrons. The van der Waals surface area contributed by atoms with Crippen LogP contribution >= 0.6 is 11.6 Å². The predicted molar refractivity (Wildman–Crippen MR) is 91.8 cm³/mol. The number of amides is 2. The van der Waals surface area contributed by atoms with E-state index in [0.717, 1.165) is 5.56 Å². The Morgan fingerprint density at radius 2 is 1.91 bits per heavy atom. The third-order valence-corrected chi connectivity index (χ3v) is 3.60. The van der Waals surface area contributed by atoms with Gasteiger partial charge in [0.2, 0.25) is 5.91 Å². The molecule has 6 heteroatoms. The SMILES string of the molecule is Cc1ccc(NC(=O)C(C)C)cc1NC(=O)c1ccncc1Cl. The number of rotatable bonds is 4. The molecule has 0 saturated carbocycles. The Balaban J connectivity index is 2.21. The van der Waals surface area contributed by atoms with E-state index in [-0.39, 0.29) is 22.8 Å². The van der Waals surface area contributed by atoms with Crippen molar-refractivity contribution in [3.8, 4) is 0 Å². The molecule has 0 unspecified atom stereocenters. The quantitative estimate of drug-likeness (QED) is 0.892. The second kappa shape index (κ2) is 7.24. The summed E-state index contributed by atoms with van der Waals surface area (Å²) in [5.41, 5.74) is 2.47. The Labute approximate surface area is 140 Å². The number of hydrogen-bond acceptors (Lipinski definition) is 3. The molecule has 0 radical (unpaired) electrons. The molecular formula is C17H18ClN3O2. The van der Waals surface area contributed by atoms with E-state index in [4.69, 9.17) is 11.6 Å². The van der Waals surface area contributed by atoms with Crippen molar-refractivity contribution >= 4 is 34.8 Å². The lowest BCUT2D eigenvalue weighted by Gasteiger charge is -2.13. The number of hydrogen-bond donors (Lipinski definition) is 2. The Kier molecular flexibility index (Phi) is 5.34. The van der Waals surface area contributed by atoms with E-state index < -0.39 is 0 Å². The van der Waals surface area contributed by atoms with Gasteiger partial charge in [0.15, 0.2) is 0 Å². The van der Waals surface area contributed by atoms with Crippen molar-refractivity contribution in [2.24, 2.45) is 5.92 Å². The first-order chi connectivity index (χ1) is 10.9. The van der Waals surface area contributed by atoms with Crippen LogP contribution in [-0.2, 0) is 4.79 Å². The normalized spacial score (nSPS) is 10.5. The lowest BCUT2D eigenvalue weighted by molar-refractivity contribution is -0.118. The first-order valence-electron chi connectivity index (χ1n) is 7.21.